The van der Waals surface area contributed by atoms with Crippen molar-refractivity contribution < 1.29 is 4.42 Å². The molecule has 1 aromatic heterocycles. The van der Waals surface area contributed by atoms with E-state index in [9.17, 15) is 0 Å². The van der Waals surface area contributed by atoms with E-state index in [-0.39, 0.29) is 0 Å². The average molecular weight is 350 g/mol. The van der Waals surface area contributed by atoms with E-state index in [1.165, 1.54) is 23.8 Å². The molecule has 114 valence electrons. The van der Waals surface area contributed by atoms with Gasteiger partial charge in [-0.05, 0) is 61.4 Å². The molecule has 1 fully saturated rings. The van der Waals surface area contributed by atoms with Crippen LogP contribution in [0.4, 0.5) is 0 Å². The molecule has 0 spiro atoms. The first-order valence-electron chi connectivity index (χ1n) is 8.06. The van der Waals surface area contributed by atoms with Gasteiger partial charge >= 0.3 is 0 Å². The van der Waals surface area contributed by atoms with Crippen molar-refractivity contribution in [1.29, 1.82) is 0 Å². The van der Waals surface area contributed by atoms with Crippen LogP contribution in [-0.4, -0.2) is 6.54 Å². The minimum atomic E-state index is 0.385. The number of nitrogens with one attached hydrogen (secondary N) is 1. The number of hydrogen-bond acceptors (Lipinski definition) is 2. The minimum absolute atomic E-state index is 0.385. The van der Waals surface area contributed by atoms with Crippen LogP contribution in [0.25, 0.3) is 11.0 Å². The van der Waals surface area contributed by atoms with Gasteiger partial charge in [-0.15, -0.1) is 0 Å². The Morgan fingerprint density at radius 3 is 2.67 bits per heavy atom. The maximum absolute atomic E-state index is 6.29. The summed E-state index contributed by atoms with van der Waals surface area (Å²) in [5, 5.41) is 4.88. The van der Waals surface area contributed by atoms with Crippen molar-refractivity contribution in [3.63, 3.8) is 0 Å². The van der Waals surface area contributed by atoms with Gasteiger partial charge in [0, 0.05) is 9.86 Å². The number of benzene rings is 1. The van der Waals surface area contributed by atoms with Crippen LogP contribution < -0.4 is 5.32 Å². The van der Waals surface area contributed by atoms with Gasteiger partial charge in [0.05, 0.1) is 6.04 Å². The zero-order valence-electron chi connectivity index (χ0n) is 13.1. The van der Waals surface area contributed by atoms with Gasteiger partial charge < -0.3 is 9.73 Å². The fourth-order valence-corrected chi connectivity index (χ4v) is 3.47. The molecule has 2 nitrogen and oxygen atoms in total. The molecule has 3 heteroatoms. The van der Waals surface area contributed by atoms with Gasteiger partial charge in [-0.2, -0.15) is 0 Å². The first-order valence-corrected chi connectivity index (χ1v) is 8.85. The van der Waals surface area contributed by atoms with E-state index in [4.69, 9.17) is 4.42 Å². The van der Waals surface area contributed by atoms with Crippen molar-refractivity contribution >= 4 is 26.9 Å². The Bertz CT molecular complexity index is 627. The summed E-state index contributed by atoms with van der Waals surface area (Å²) in [5.74, 6) is 2.33. The molecule has 0 bridgehead atoms. The zero-order valence-corrected chi connectivity index (χ0v) is 14.7. The Balaban J connectivity index is 2.01. The second kappa shape index (κ2) is 6.13. The molecule has 3 rings (SSSR count). The molecule has 1 aliphatic rings. The molecule has 0 amide bonds. The topological polar surface area (TPSA) is 25.2 Å². The highest BCUT2D eigenvalue weighted by atomic mass is 79.9. The van der Waals surface area contributed by atoms with Crippen molar-refractivity contribution in [2.45, 2.75) is 52.0 Å². The lowest BCUT2D eigenvalue weighted by molar-refractivity contribution is 0.395. The Labute approximate surface area is 135 Å². The standard InChI is InChI=1S/C18H24BrNO/c1-4-7-20-17(12-5-6-12)16-9-13-8-14(19)10-15(11(2)3)18(13)21-16/h8-12,17,20H,4-7H2,1-3H3. The summed E-state index contributed by atoms with van der Waals surface area (Å²) in [7, 11) is 0. The van der Waals surface area contributed by atoms with Crippen LogP contribution in [0.1, 0.15) is 63.3 Å². The van der Waals surface area contributed by atoms with Crippen LogP contribution in [0.5, 0.6) is 0 Å². The number of halogens is 1. The summed E-state index contributed by atoms with van der Waals surface area (Å²) in [6.07, 6.45) is 3.80. The molecule has 1 N–H and O–H groups in total. The van der Waals surface area contributed by atoms with E-state index in [0.717, 1.165) is 34.7 Å². The lowest BCUT2D eigenvalue weighted by atomic mass is 10.0. The van der Waals surface area contributed by atoms with Crippen LogP contribution in [-0.2, 0) is 0 Å². The summed E-state index contributed by atoms with van der Waals surface area (Å²) < 4.78 is 7.43. The Morgan fingerprint density at radius 2 is 2.05 bits per heavy atom. The first-order chi connectivity index (χ1) is 10.1. The fraction of sp³-hybridized carbons (Fsp3) is 0.556. The fourth-order valence-electron chi connectivity index (χ4n) is 2.97. The summed E-state index contributed by atoms with van der Waals surface area (Å²) >= 11 is 3.62. The van der Waals surface area contributed by atoms with Gasteiger partial charge in [-0.25, -0.2) is 0 Å². The first kappa shape index (κ1) is 15.1. The molecule has 0 radical (unpaired) electrons. The molecule has 1 atom stereocenters. The van der Waals surface area contributed by atoms with Gasteiger partial charge in [0.25, 0.3) is 0 Å². The molecule has 1 saturated carbocycles. The van der Waals surface area contributed by atoms with E-state index in [2.05, 4.69) is 60.2 Å². The van der Waals surface area contributed by atoms with Gasteiger partial charge in [0.1, 0.15) is 11.3 Å². The molecule has 0 saturated heterocycles. The van der Waals surface area contributed by atoms with Crippen molar-refractivity contribution in [2.75, 3.05) is 6.54 Å². The molecular weight excluding hydrogens is 326 g/mol. The Hall–Kier alpha value is -0.800. The van der Waals surface area contributed by atoms with E-state index < -0.39 is 0 Å². The van der Waals surface area contributed by atoms with Crippen LogP contribution in [0, 0.1) is 5.92 Å². The third kappa shape index (κ3) is 3.19. The third-order valence-corrected chi connectivity index (χ3v) is 4.72. The smallest absolute Gasteiger partial charge is 0.137 e. The quantitative estimate of drug-likeness (QED) is 0.715. The van der Waals surface area contributed by atoms with Crippen LogP contribution in [0.2, 0.25) is 0 Å². The second-order valence-corrected chi connectivity index (χ2v) is 7.40. The van der Waals surface area contributed by atoms with Crippen molar-refractivity contribution in [3.8, 4) is 0 Å². The van der Waals surface area contributed by atoms with Crippen LogP contribution in [0.15, 0.2) is 27.1 Å². The molecule has 0 aliphatic heterocycles. The van der Waals surface area contributed by atoms with Crippen molar-refractivity contribution in [3.05, 3.63) is 34.0 Å². The highest BCUT2D eigenvalue weighted by Gasteiger charge is 2.34. The Morgan fingerprint density at radius 1 is 1.29 bits per heavy atom. The highest BCUT2D eigenvalue weighted by molar-refractivity contribution is 9.10. The monoisotopic (exact) mass is 349 g/mol. The lowest BCUT2D eigenvalue weighted by Gasteiger charge is -2.15. The number of fused-ring (bicyclic) bond motifs is 1. The predicted octanol–water partition coefficient (Wildman–Crippen LogP) is 5.77. The SMILES string of the molecule is CCCNC(c1cc2cc(Br)cc(C(C)C)c2o1)C1CC1. The molecular formula is C18H24BrNO. The largest absolute Gasteiger partial charge is 0.459 e. The zero-order chi connectivity index (χ0) is 15.0. The average Bonchev–Trinajstić information content (AvgIpc) is 3.18. The predicted molar refractivity (Wildman–Crippen MR) is 91.8 cm³/mol. The highest BCUT2D eigenvalue weighted by Crippen LogP contribution is 2.43. The van der Waals surface area contributed by atoms with Gasteiger partial charge in [-0.3, -0.25) is 0 Å². The van der Waals surface area contributed by atoms with Crippen molar-refractivity contribution in [2.24, 2.45) is 5.92 Å². The molecule has 2 aromatic rings. The van der Waals surface area contributed by atoms with E-state index in [1.807, 2.05) is 0 Å². The summed E-state index contributed by atoms with van der Waals surface area (Å²) in [6.45, 7) is 7.71. The summed E-state index contributed by atoms with van der Waals surface area (Å²) in [6, 6.07) is 6.97. The summed E-state index contributed by atoms with van der Waals surface area (Å²) in [5.41, 5.74) is 2.35. The van der Waals surface area contributed by atoms with Gasteiger partial charge in [-0.1, -0.05) is 36.7 Å². The Kier molecular flexibility index (Phi) is 4.41. The maximum atomic E-state index is 6.29. The van der Waals surface area contributed by atoms with Gasteiger partial charge in [0.15, 0.2) is 0 Å². The molecule has 1 unspecified atom stereocenters. The van der Waals surface area contributed by atoms with E-state index >= 15 is 0 Å². The molecule has 1 heterocycles. The normalized spacial score (nSPS) is 16.8. The maximum Gasteiger partial charge on any atom is 0.137 e. The number of furan rings is 1. The third-order valence-electron chi connectivity index (χ3n) is 4.27. The molecule has 1 aliphatic carbocycles. The van der Waals surface area contributed by atoms with Gasteiger partial charge in [0.2, 0.25) is 0 Å². The second-order valence-electron chi connectivity index (χ2n) is 6.49. The molecule has 1 aromatic carbocycles. The van der Waals surface area contributed by atoms with E-state index in [0.29, 0.717) is 12.0 Å². The lowest BCUT2D eigenvalue weighted by Crippen LogP contribution is -2.23. The van der Waals surface area contributed by atoms with Crippen LogP contribution in [0.3, 0.4) is 0 Å². The minimum Gasteiger partial charge on any atom is -0.459 e. The van der Waals surface area contributed by atoms with Crippen LogP contribution >= 0.6 is 15.9 Å². The van der Waals surface area contributed by atoms with Crippen molar-refractivity contribution in [1.82, 2.24) is 5.32 Å². The molecule has 21 heavy (non-hydrogen) atoms. The number of hydrogen-bond donors (Lipinski definition) is 1. The summed E-state index contributed by atoms with van der Waals surface area (Å²) in [4.78, 5) is 0. The number of rotatable bonds is 6. The van der Waals surface area contributed by atoms with E-state index in [1.54, 1.807) is 0 Å².